The van der Waals surface area contributed by atoms with Crippen LogP contribution in [0.25, 0.3) is 0 Å². The first-order valence-corrected chi connectivity index (χ1v) is 7.33. The summed E-state index contributed by atoms with van der Waals surface area (Å²) in [5.74, 6) is -1.12. The SMILES string of the molecule is Cc1ccc(NC(=O)C(=O)NC2CCCCCC2)cc1. The van der Waals surface area contributed by atoms with Crippen LogP contribution in [0.1, 0.15) is 44.1 Å². The molecule has 1 aliphatic rings. The number of hydrogen-bond donors (Lipinski definition) is 2. The van der Waals surface area contributed by atoms with Crippen molar-refractivity contribution in [3.05, 3.63) is 29.8 Å². The third kappa shape index (κ3) is 4.37. The van der Waals surface area contributed by atoms with Crippen LogP contribution < -0.4 is 10.6 Å². The molecular formula is C16H22N2O2. The molecule has 1 saturated carbocycles. The van der Waals surface area contributed by atoms with Crippen LogP contribution in [0, 0.1) is 6.92 Å². The predicted octanol–water partition coefficient (Wildman–Crippen LogP) is 2.77. The van der Waals surface area contributed by atoms with Gasteiger partial charge in [0, 0.05) is 11.7 Å². The van der Waals surface area contributed by atoms with Crippen molar-refractivity contribution in [1.82, 2.24) is 5.32 Å². The Morgan fingerprint density at radius 3 is 2.15 bits per heavy atom. The van der Waals surface area contributed by atoms with Crippen LogP contribution in [0.3, 0.4) is 0 Å². The summed E-state index contributed by atoms with van der Waals surface area (Å²) in [7, 11) is 0. The number of carbonyl (C=O) groups is 2. The molecule has 0 saturated heterocycles. The first-order valence-electron chi connectivity index (χ1n) is 7.33. The molecule has 0 aliphatic heterocycles. The van der Waals surface area contributed by atoms with Crippen molar-refractivity contribution in [2.45, 2.75) is 51.5 Å². The minimum Gasteiger partial charge on any atom is -0.345 e. The average molecular weight is 274 g/mol. The molecule has 0 radical (unpaired) electrons. The Labute approximate surface area is 119 Å². The normalized spacial score (nSPS) is 16.2. The molecule has 0 spiro atoms. The van der Waals surface area contributed by atoms with Gasteiger partial charge in [0.05, 0.1) is 0 Å². The van der Waals surface area contributed by atoms with Gasteiger partial charge >= 0.3 is 11.8 Å². The molecular weight excluding hydrogens is 252 g/mol. The minimum atomic E-state index is -0.585. The van der Waals surface area contributed by atoms with Crippen molar-refractivity contribution in [2.75, 3.05) is 5.32 Å². The van der Waals surface area contributed by atoms with Crippen LogP contribution in [0.2, 0.25) is 0 Å². The number of carbonyl (C=O) groups excluding carboxylic acids is 2. The number of aryl methyl sites for hydroxylation is 1. The van der Waals surface area contributed by atoms with E-state index in [0.717, 1.165) is 31.2 Å². The molecule has 0 heterocycles. The second-order valence-electron chi connectivity index (χ2n) is 5.48. The van der Waals surface area contributed by atoms with Crippen LogP contribution in [0.15, 0.2) is 24.3 Å². The maximum Gasteiger partial charge on any atom is 0.313 e. The summed E-state index contributed by atoms with van der Waals surface area (Å²) in [4.78, 5) is 23.7. The number of rotatable bonds is 2. The lowest BCUT2D eigenvalue weighted by Gasteiger charge is -2.15. The molecule has 2 N–H and O–H groups in total. The van der Waals surface area contributed by atoms with Crippen molar-refractivity contribution >= 4 is 17.5 Å². The summed E-state index contributed by atoms with van der Waals surface area (Å²) >= 11 is 0. The molecule has 0 aromatic heterocycles. The summed E-state index contributed by atoms with van der Waals surface area (Å²) in [5, 5.41) is 5.46. The lowest BCUT2D eigenvalue weighted by Crippen LogP contribution is -2.41. The first-order chi connectivity index (χ1) is 9.65. The highest BCUT2D eigenvalue weighted by molar-refractivity contribution is 6.39. The van der Waals surface area contributed by atoms with Gasteiger partial charge in [0.15, 0.2) is 0 Å². The molecule has 4 heteroatoms. The van der Waals surface area contributed by atoms with E-state index in [-0.39, 0.29) is 6.04 Å². The first kappa shape index (κ1) is 14.6. The van der Waals surface area contributed by atoms with E-state index in [1.165, 1.54) is 12.8 Å². The summed E-state index contributed by atoms with van der Waals surface area (Å²) in [5.41, 5.74) is 1.77. The topological polar surface area (TPSA) is 58.2 Å². The van der Waals surface area contributed by atoms with Crippen LogP contribution in [-0.4, -0.2) is 17.9 Å². The maximum absolute atomic E-state index is 11.9. The Hall–Kier alpha value is -1.84. The van der Waals surface area contributed by atoms with Gasteiger partial charge in [0.2, 0.25) is 0 Å². The zero-order valence-electron chi connectivity index (χ0n) is 11.9. The zero-order chi connectivity index (χ0) is 14.4. The number of hydrogen-bond acceptors (Lipinski definition) is 2. The Balaban J connectivity index is 1.85. The molecule has 1 aromatic rings. The van der Waals surface area contributed by atoms with Crippen LogP contribution in [0.4, 0.5) is 5.69 Å². The van der Waals surface area contributed by atoms with Gasteiger partial charge in [-0.3, -0.25) is 9.59 Å². The quantitative estimate of drug-likeness (QED) is 0.643. The van der Waals surface area contributed by atoms with Gasteiger partial charge in [0.25, 0.3) is 0 Å². The Kier molecular flexibility index (Phi) is 5.16. The highest BCUT2D eigenvalue weighted by Crippen LogP contribution is 2.17. The molecule has 1 aliphatic carbocycles. The third-order valence-corrected chi connectivity index (χ3v) is 3.71. The summed E-state index contributed by atoms with van der Waals surface area (Å²) in [6.07, 6.45) is 6.66. The fraction of sp³-hybridized carbons (Fsp3) is 0.500. The number of amides is 2. The van der Waals surface area contributed by atoms with Gasteiger partial charge in [-0.25, -0.2) is 0 Å². The van der Waals surface area contributed by atoms with Gasteiger partial charge in [-0.15, -0.1) is 0 Å². The average Bonchev–Trinajstić information content (AvgIpc) is 2.70. The maximum atomic E-state index is 11.9. The van der Waals surface area contributed by atoms with Crippen molar-refractivity contribution in [2.24, 2.45) is 0 Å². The van der Waals surface area contributed by atoms with Crippen LogP contribution >= 0.6 is 0 Å². The zero-order valence-corrected chi connectivity index (χ0v) is 11.9. The van der Waals surface area contributed by atoms with E-state index in [2.05, 4.69) is 10.6 Å². The molecule has 1 fully saturated rings. The van der Waals surface area contributed by atoms with Crippen molar-refractivity contribution in [1.29, 1.82) is 0 Å². The second-order valence-corrected chi connectivity index (χ2v) is 5.48. The molecule has 0 bridgehead atoms. The van der Waals surface area contributed by atoms with E-state index in [0.29, 0.717) is 5.69 Å². The predicted molar refractivity (Wildman–Crippen MR) is 79.4 cm³/mol. The summed E-state index contributed by atoms with van der Waals surface area (Å²) < 4.78 is 0. The standard InChI is InChI=1S/C16H22N2O2/c1-12-8-10-14(11-9-12)18-16(20)15(19)17-13-6-4-2-3-5-7-13/h8-11,13H,2-7H2,1H3,(H,17,19)(H,18,20). The van der Waals surface area contributed by atoms with Gasteiger partial charge < -0.3 is 10.6 Å². The number of benzene rings is 1. The Morgan fingerprint density at radius 2 is 1.55 bits per heavy atom. The van der Waals surface area contributed by atoms with Gasteiger partial charge in [-0.2, -0.15) is 0 Å². The fourth-order valence-corrected chi connectivity index (χ4v) is 2.50. The Morgan fingerprint density at radius 1 is 0.950 bits per heavy atom. The molecule has 0 atom stereocenters. The van der Waals surface area contributed by atoms with E-state index in [4.69, 9.17) is 0 Å². The van der Waals surface area contributed by atoms with Gasteiger partial charge in [-0.05, 0) is 31.9 Å². The molecule has 1 aromatic carbocycles. The molecule has 20 heavy (non-hydrogen) atoms. The molecule has 4 nitrogen and oxygen atoms in total. The third-order valence-electron chi connectivity index (χ3n) is 3.71. The monoisotopic (exact) mass is 274 g/mol. The number of anilines is 1. The number of nitrogens with one attached hydrogen (secondary N) is 2. The van der Waals surface area contributed by atoms with E-state index in [1.54, 1.807) is 12.1 Å². The van der Waals surface area contributed by atoms with Crippen molar-refractivity contribution in [3.8, 4) is 0 Å². The molecule has 2 amide bonds. The largest absolute Gasteiger partial charge is 0.345 e. The van der Waals surface area contributed by atoms with Crippen LogP contribution in [0.5, 0.6) is 0 Å². The van der Waals surface area contributed by atoms with E-state index < -0.39 is 11.8 Å². The summed E-state index contributed by atoms with van der Waals surface area (Å²) in [6, 6.07) is 7.55. The molecule has 108 valence electrons. The van der Waals surface area contributed by atoms with Gasteiger partial charge in [-0.1, -0.05) is 43.4 Å². The van der Waals surface area contributed by atoms with E-state index in [1.807, 2.05) is 19.1 Å². The Bertz CT molecular complexity index is 460. The van der Waals surface area contributed by atoms with E-state index >= 15 is 0 Å². The van der Waals surface area contributed by atoms with Gasteiger partial charge in [0.1, 0.15) is 0 Å². The summed E-state index contributed by atoms with van der Waals surface area (Å²) in [6.45, 7) is 1.98. The highest BCUT2D eigenvalue weighted by Gasteiger charge is 2.19. The molecule has 0 unspecified atom stereocenters. The fourth-order valence-electron chi connectivity index (χ4n) is 2.50. The second kappa shape index (κ2) is 7.08. The minimum absolute atomic E-state index is 0.147. The lowest BCUT2D eigenvalue weighted by molar-refractivity contribution is -0.136. The van der Waals surface area contributed by atoms with Crippen molar-refractivity contribution < 1.29 is 9.59 Å². The van der Waals surface area contributed by atoms with Crippen molar-refractivity contribution in [3.63, 3.8) is 0 Å². The molecule has 2 rings (SSSR count). The smallest absolute Gasteiger partial charge is 0.313 e. The lowest BCUT2D eigenvalue weighted by atomic mass is 10.1. The van der Waals surface area contributed by atoms with E-state index in [9.17, 15) is 9.59 Å². The van der Waals surface area contributed by atoms with Crippen LogP contribution in [-0.2, 0) is 9.59 Å². The highest BCUT2D eigenvalue weighted by atomic mass is 16.2.